The lowest BCUT2D eigenvalue weighted by atomic mass is 10.2. The van der Waals surface area contributed by atoms with Crippen LogP contribution in [0.2, 0.25) is 0 Å². The van der Waals surface area contributed by atoms with Crippen LogP contribution in [0.4, 0.5) is 5.82 Å². The number of nitrogens with zero attached hydrogens (tertiary/aromatic N) is 3. The molecule has 1 fully saturated rings. The predicted octanol–water partition coefficient (Wildman–Crippen LogP) is 3.30. The van der Waals surface area contributed by atoms with Crippen molar-refractivity contribution in [1.29, 1.82) is 0 Å². The number of aromatic nitrogens is 3. The van der Waals surface area contributed by atoms with E-state index in [-0.39, 0.29) is 22.9 Å². The maximum Gasteiger partial charge on any atom is 0.487 e. The summed E-state index contributed by atoms with van der Waals surface area (Å²) in [6, 6.07) is 0. The second-order valence-corrected chi connectivity index (χ2v) is 16.9. The van der Waals surface area contributed by atoms with E-state index in [1.165, 1.54) is 17.1 Å². The van der Waals surface area contributed by atoms with Crippen LogP contribution in [-0.4, -0.2) is 58.7 Å². The maximum absolute atomic E-state index is 12.3. The highest BCUT2D eigenvalue weighted by atomic mass is 33.1. The molecule has 230 valence electrons. The zero-order chi connectivity index (χ0) is 30.6. The topological polar surface area (TPSA) is 238 Å². The summed E-state index contributed by atoms with van der Waals surface area (Å²) >= 11 is 0. The number of fused-ring (bicyclic) bond motifs is 1. The summed E-state index contributed by atoms with van der Waals surface area (Å²) in [7, 11) is -13.9. The third-order valence-electron chi connectivity index (χ3n) is 4.98. The monoisotopic (exact) mass is 675 g/mol. The third-order valence-corrected chi connectivity index (χ3v) is 11.8. The molecule has 41 heavy (non-hydrogen) atoms. The lowest BCUT2D eigenvalue weighted by Crippen LogP contribution is -2.29. The molecule has 3 rings (SSSR count). The van der Waals surface area contributed by atoms with Crippen LogP contribution >= 0.6 is 45.1 Å². The van der Waals surface area contributed by atoms with Gasteiger partial charge in [0.2, 0.25) is 0 Å². The maximum atomic E-state index is 12.3. The van der Waals surface area contributed by atoms with Crippen molar-refractivity contribution >= 4 is 61.9 Å². The molecule has 0 bridgehead atoms. The van der Waals surface area contributed by atoms with Crippen LogP contribution < -0.4 is 10.6 Å². The number of anilines is 1. The fraction of sp³-hybridized carbons (Fsp3) is 0.600. The molecule has 16 nitrogen and oxygen atoms in total. The van der Waals surface area contributed by atoms with Gasteiger partial charge in [0.25, 0.3) is 7.82 Å². The Kier molecular flexibility index (Phi) is 11.6. The highest BCUT2D eigenvalue weighted by molar-refractivity contribution is 8.77. The van der Waals surface area contributed by atoms with Gasteiger partial charge in [0.1, 0.15) is 36.1 Å². The standard InChI is InChI=1S/C20H31N4O12P3S2/c1-5-6-7-13-9-24(19-17(13)18(21)22-11-23-19)16-8-14(32-12-40-41-20(2,3)4)15(34-16)10-33-38(28,29)36-39(30,31)35-37(25,26)27/h9,11,14-16H,5,8,10,12H2,1-4H3,(H,28,29)(H,30,31)(H2,21,22,23)(H2,25,26,27)/p-1/t14-,15-,16-/m1/s1. The van der Waals surface area contributed by atoms with E-state index in [2.05, 4.69) is 30.4 Å². The van der Waals surface area contributed by atoms with Gasteiger partial charge in [-0.25, -0.2) is 23.4 Å². The molecule has 0 spiro atoms. The zero-order valence-electron chi connectivity index (χ0n) is 22.3. The minimum atomic E-state index is -5.78. The number of phosphoric ester groups is 1. The molecule has 6 atom stereocenters. The minimum absolute atomic E-state index is 0.0470. The largest absolute Gasteiger partial charge is 0.756 e. The second kappa shape index (κ2) is 13.8. The molecule has 0 radical (unpaired) electrons. The average molecular weight is 676 g/mol. The lowest BCUT2D eigenvalue weighted by Gasteiger charge is -2.23. The number of nitrogen functional groups attached to an aromatic ring is 1. The molecule has 2 aromatic rings. The molecule has 5 N–H and O–H groups in total. The summed E-state index contributed by atoms with van der Waals surface area (Å²) in [5.74, 6) is 6.44. The van der Waals surface area contributed by atoms with Crippen molar-refractivity contribution in [3.63, 3.8) is 0 Å². The van der Waals surface area contributed by atoms with Crippen molar-refractivity contribution in [2.45, 2.75) is 63.7 Å². The molecule has 21 heteroatoms. The van der Waals surface area contributed by atoms with Crippen molar-refractivity contribution < 1.29 is 55.9 Å². The third kappa shape index (κ3) is 10.6. The zero-order valence-corrected chi connectivity index (χ0v) is 26.6. The van der Waals surface area contributed by atoms with Gasteiger partial charge in [0.05, 0.1) is 23.7 Å². The van der Waals surface area contributed by atoms with E-state index in [9.17, 15) is 28.4 Å². The first kappa shape index (κ1) is 34.5. The van der Waals surface area contributed by atoms with Gasteiger partial charge >= 0.3 is 15.6 Å². The molecule has 0 saturated carbocycles. The summed E-state index contributed by atoms with van der Waals surface area (Å²) in [6.45, 7) is 7.31. The Bertz CT molecular complexity index is 1440. The van der Waals surface area contributed by atoms with Gasteiger partial charge in [-0.3, -0.25) is 9.09 Å². The molecule has 0 aliphatic carbocycles. The number of ether oxygens (including phenoxy) is 2. The van der Waals surface area contributed by atoms with Crippen LogP contribution in [0.1, 0.15) is 52.3 Å². The number of phosphoric acid groups is 3. The van der Waals surface area contributed by atoms with E-state index in [1.807, 2.05) is 27.7 Å². The molecule has 2 aromatic heterocycles. The van der Waals surface area contributed by atoms with Crippen LogP contribution in [0.15, 0.2) is 12.5 Å². The number of hydrogen-bond donors (Lipinski definition) is 4. The van der Waals surface area contributed by atoms with Crippen LogP contribution in [0.3, 0.4) is 0 Å². The second-order valence-electron chi connectivity index (χ2n) is 9.43. The Morgan fingerprint density at radius 2 is 1.93 bits per heavy atom. The van der Waals surface area contributed by atoms with E-state index in [0.717, 1.165) is 0 Å². The average Bonchev–Trinajstić information content (AvgIpc) is 3.38. The van der Waals surface area contributed by atoms with E-state index in [0.29, 0.717) is 23.0 Å². The van der Waals surface area contributed by atoms with Crippen LogP contribution in [0.25, 0.3) is 11.0 Å². The molecule has 3 unspecified atom stereocenters. The summed E-state index contributed by atoms with van der Waals surface area (Å²) < 4.78 is 60.6. The molecule has 0 amide bonds. The summed E-state index contributed by atoms with van der Waals surface area (Å²) in [5, 5.41) is 0.526. The fourth-order valence-corrected chi connectivity index (χ4v) is 8.59. The van der Waals surface area contributed by atoms with Crippen molar-refractivity contribution in [3.05, 3.63) is 18.1 Å². The van der Waals surface area contributed by atoms with Gasteiger partial charge in [0.15, 0.2) is 0 Å². The highest BCUT2D eigenvalue weighted by Gasteiger charge is 2.42. The highest BCUT2D eigenvalue weighted by Crippen LogP contribution is 2.65. The Balaban J connectivity index is 1.82. The molecule has 1 aliphatic heterocycles. The van der Waals surface area contributed by atoms with Gasteiger partial charge in [0, 0.05) is 23.8 Å². The molecule has 1 aliphatic rings. The minimum Gasteiger partial charge on any atom is -0.756 e. The SMILES string of the molecule is CCC#Cc1cn([C@H]2C[C@@H](OCSSC(C)(C)C)[C@@H](COP(=O)(O)OP(=O)(O)OP(=O)([O-])O)O2)c2ncnc(N)c12. The molecule has 0 aromatic carbocycles. The normalized spacial score (nSPS) is 23.9. The Labute approximate surface area is 243 Å². The Morgan fingerprint density at radius 3 is 2.56 bits per heavy atom. The van der Waals surface area contributed by atoms with Crippen LogP contribution in [0, 0.1) is 11.8 Å². The first-order chi connectivity index (χ1) is 18.9. The van der Waals surface area contributed by atoms with Crippen molar-refractivity contribution in [1.82, 2.24) is 14.5 Å². The van der Waals surface area contributed by atoms with E-state index in [4.69, 9.17) is 24.6 Å². The lowest BCUT2D eigenvalue weighted by molar-refractivity contribution is -0.212. The van der Waals surface area contributed by atoms with Gasteiger partial charge < -0.3 is 39.3 Å². The first-order valence-corrected chi connectivity index (χ1v) is 18.6. The summed E-state index contributed by atoms with van der Waals surface area (Å²) in [5.41, 5.74) is 7.10. The van der Waals surface area contributed by atoms with Gasteiger partial charge in [-0.1, -0.05) is 61.1 Å². The quantitative estimate of drug-likeness (QED) is 0.0830. The predicted molar refractivity (Wildman–Crippen MR) is 150 cm³/mol. The van der Waals surface area contributed by atoms with Gasteiger partial charge in [-0.2, -0.15) is 4.31 Å². The summed E-state index contributed by atoms with van der Waals surface area (Å²) in [4.78, 5) is 47.0. The van der Waals surface area contributed by atoms with Gasteiger partial charge in [-0.15, -0.1) is 0 Å². The van der Waals surface area contributed by atoms with Crippen LogP contribution in [-0.2, 0) is 36.3 Å². The number of rotatable bonds is 12. The smallest absolute Gasteiger partial charge is 0.487 e. The molecular weight excluding hydrogens is 645 g/mol. The van der Waals surface area contributed by atoms with E-state index < -0.39 is 48.5 Å². The van der Waals surface area contributed by atoms with E-state index >= 15 is 0 Å². The summed E-state index contributed by atoms with van der Waals surface area (Å²) in [6.07, 6.45) is 1.37. The van der Waals surface area contributed by atoms with Crippen molar-refractivity contribution in [2.75, 3.05) is 18.3 Å². The molecular formula is C20H30N4O12P3S2-. The number of hydrogen-bond acceptors (Lipinski definition) is 14. The van der Waals surface area contributed by atoms with Crippen molar-refractivity contribution in [3.8, 4) is 11.8 Å². The van der Waals surface area contributed by atoms with Gasteiger partial charge in [-0.05, 0) is 0 Å². The fourth-order valence-electron chi connectivity index (χ4n) is 3.59. The van der Waals surface area contributed by atoms with E-state index in [1.54, 1.807) is 21.6 Å². The Hall–Kier alpha value is -0.990. The van der Waals surface area contributed by atoms with Crippen LogP contribution in [0.5, 0.6) is 0 Å². The molecule has 1 saturated heterocycles. The first-order valence-electron chi connectivity index (χ1n) is 11.8. The number of nitrogens with two attached hydrogens (primary N) is 1. The Morgan fingerprint density at radius 1 is 1.22 bits per heavy atom. The molecule has 3 heterocycles. The van der Waals surface area contributed by atoms with Crippen molar-refractivity contribution in [2.24, 2.45) is 0 Å².